The number of hydrogen-bond acceptors (Lipinski definition) is 4. The molecule has 90 valence electrons. The molecule has 5 heteroatoms. The molecule has 0 saturated heterocycles. The second-order valence-corrected chi connectivity index (χ2v) is 6.48. The number of thiocarbonyl (C=S) groups is 1. The summed E-state index contributed by atoms with van der Waals surface area (Å²) < 4.78 is 0. The standard InChI is InChI=1S/C11H19N3S2/c1-11(2,3)8-7-16-10(13-8)6-14(4)5-9(12)15/h7H,5-6H2,1-4H3,(H2,12,15). The van der Waals surface area contributed by atoms with E-state index in [1.54, 1.807) is 11.3 Å². The Morgan fingerprint density at radius 1 is 1.56 bits per heavy atom. The van der Waals surface area contributed by atoms with Crippen LogP contribution in [-0.2, 0) is 12.0 Å². The third-order valence-corrected chi connectivity index (χ3v) is 3.11. The Bertz CT molecular complexity index is 366. The lowest BCUT2D eigenvalue weighted by molar-refractivity contribution is 0.373. The Hall–Kier alpha value is -0.520. The van der Waals surface area contributed by atoms with Gasteiger partial charge in [-0.3, -0.25) is 4.90 Å². The molecular formula is C11H19N3S2. The van der Waals surface area contributed by atoms with Crippen LogP contribution in [0.25, 0.3) is 0 Å². The number of nitrogens with two attached hydrogens (primary N) is 1. The van der Waals surface area contributed by atoms with E-state index in [4.69, 9.17) is 18.0 Å². The number of hydrogen-bond donors (Lipinski definition) is 1. The molecule has 16 heavy (non-hydrogen) atoms. The van der Waals surface area contributed by atoms with Gasteiger partial charge in [-0.2, -0.15) is 0 Å². The summed E-state index contributed by atoms with van der Waals surface area (Å²) >= 11 is 6.57. The third kappa shape index (κ3) is 4.15. The SMILES string of the molecule is CN(CC(N)=S)Cc1nc(C(C)(C)C)cs1. The molecule has 1 rings (SSSR count). The van der Waals surface area contributed by atoms with Gasteiger partial charge in [0.25, 0.3) is 0 Å². The molecule has 0 unspecified atom stereocenters. The summed E-state index contributed by atoms with van der Waals surface area (Å²) in [4.78, 5) is 7.22. The number of likely N-dealkylation sites (N-methyl/N-ethyl adjacent to an activating group) is 1. The van der Waals surface area contributed by atoms with Crippen molar-refractivity contribution in [2.45, 2.75) is 32.7 Å². The molecule has 0 aliphatic carbocycles. The van der Waals surface area contributed by atoms with Crippen LogP contribution in [0, 0.1) is 0 Å². The number of thiazole rings is 1. The Morgan fingerprint density at radius 3 is 2.62 bits per heavy atom. The van der Waals surface area contributed by atoms with Crippen molar-refractivity contribution in [2.75, 3.05) is 13.6 Å². The summed E-state index contributed by atoms with van der Waals surface area (Å²) in [5, 5.41) is 3.24. The van der Waals surface area contributed by atoms with E-state index in [2.05, 4.69) is 36.0 Å². The molecule has 0 aromatic carbocycles. The molecule has 3 nitrogen and oxygen atoms in total. The van der Waals surface area contributed by atoms with E-state index in [-0.39, 0.29) is 5.41 Å². The van der Waals surface area contributed by atoms with Crippen molar-refractivity contribution in [3.05, 3.63) is 16.1 Å². The third-order valence-electron chi connectivity index (χ3n) is 2.15. The number of nitrogens with zero attached hydrogens (tertiary/aromatic N) is 2. The maximum absolute atomic E-state index is 5.49. The smallest absolute Gasteiger partial charge is 0.107 e. The zero-order chi connectivity index (χ0) is 12.3. The van der Waals surface area contributed by atoms with Crippen LogP contribution in [0.3, 0.4) is 0 Å². The lowest BCUT2D eigenvalue weighted by Crippen LogP contribution is -2.29. The van der Waals surface area contributed by atoms with Gasteiger partial charge in [-0.1, -0.05) is 33.0 Å². The highest BCUT2D eigenvalue weighted by Gasteiger charge is 2.17. The quantitative estimate of drug-likeness (QED) is 0.839. The molecule has 1 heterocycles. The first-order chi connectivity index (χ1) is 7.29. The van der Waals surface area contributed by atoms with Crippen LogP contribution in [0.5, 0.6) is 0 Å². The summed E-state index contributed by atoms with van der Waals surface area (Å²) in [6.45, 7) is 7.96. The molecule has 0 saturated carbocycles. The van der Waals surface area contributed by atoms with E-state index in [1.807, 2.05) is 7.05 Å². The molecular weight excluding hydrogens is 238 g/mol. The lowest BCUT2D eigenvalue weighted by Gasteiger charge is -2.15. The minimum absolute atomic E-state index is 0.122. The fourth-order valence-electron chi connectivity index (χ4n) is 1.28. The number of aromatic nitrogens is 1. The fraction of sp³-hybridized carbons (Fsp3) is 0.636. The zero-order valence-corrected chi connectivity index (χ0v) is 11.9. The predicted molar refractivity (Wildman–Crippen MR) is 73.9 cm³/mol. The Labute approximate surface area is 107 Å². The molecule has 0 aliphatic heterocycles. The van der Waals surface area contributed by atoms with Gasteiger partial charge in [0, 0.05) is 17.3 Å². The van der Waals surface area contributed by atoms with Crippen LogP contribution in [-0.4, -0.2) is 28.5 Å². The van der Waals surface area contributed by atoms with Gasteiger partial charge in [-0.25, -0.2) is 4.98 Å². The van der Waals surface area contributed by atoms with E-state index in [1.165, 1.54) is 0 Å². The van der Waals surface area contributed by atoms with Gasteiger partial charge in [-0.05, 0) is 7.05 Å². The van der Waals surface area contributed by atoms with Crippen molar-refractivity contribution in [2.24, 2.45) is 5.73 Å². The van der Waals surface area contributed by atoms with E-state index in [9.17, 15) is 0 Å². The Morgan fingerprint density at radius 2 is 2.19 bits per heavy atom. The molecule has 0 amide bonds. The highest BCUT2D eigenvalue weighted by atomic mass is 32.1. The van der Waals surface area contributed by atoms with Gasteiger partial charge < -0.3 is 5.73 Å². The Kier molecular flexibility index (Phi) is 4.41. The highest BCUT2D eigenvalue weighted by Crippen LogP contribution is 2.24. The van der Waals surface area contributed by atoms with E-state index >= 15 is 0 Å². The van der Waals surface area contributed by atoms with Gasteiger partial charge in [0.05, 0.1) is 17.2 Å². The first-order valence-corrected chi connectivity index (χ1v) is 6.49. The van der Waals surface area contributed by atoms with E-state index in [0.717, 1.165) is 17.2 Å². The van der Waals surface area contributed by atoms with Gasteiger partial charge in [-0.15, -0.1) is 11.3 Å². The predicted octanol–water partition coefficient (Wildman–Crippen LogP) is 2.16. The minimum Gasteiger partial charge on any atom is -0.392 e. The topological polar surface area (TPSA) is 42.1 Å². The molecule has 1 aromatic heterocycles. The lowest BCUT2D eigenvalue weighted by atomic mass is 9.93. The minimum atomic E-state index is 0.122. The van der Waals surface area contributed by atoms with Crippen molar-refractivity contribution < 1.29 is 0 Å². The van der Waals surface area contributed by atoms with Crippen LogP contribution in [0.1, 0.15) is 31.5 Å². The maximum Gasteiger partial charge on any atom is 0.107 e. The zero-order valence-electron chi connectivity index (χ0n) is 10.3. The largest absolute Gasteiger partial charge is 0.392 e. The molecule has 0 fully saturated rings. The van der Waals surface area contributed by atoms with Crippen molar-refractivity contribution in [1.29, 1.82) is 0 Å². The average molecular weight is 257 g/mol. The summed E-state index contributed by atoms with van der Waals surface area (Å²) in [6, 6.07) is 0. The van der Waals surface area contributed by atoms with Crippen molar-refractivity contribution >= 4 is 28.5 Å². The normalized spacial score (nSPS) is 12.1. The van der Waals surface area contributed by atoms with E-state index in [0.29, 0.717) is 11.5 Å². The second-order valence-electron chi connectivity index (χ2n) is 5.02. The van der Waals surface area contributed by atoms with Gasteiger partial charge in [0.15, 0.2) is 0 Å². The second kappa shape index (κ2) is 5.21. The Balaban J connectivity index is 2.62. The fourth-order valence-corrected chi connectivity index (χ4v) is 2.60. The maximum atomic E-state index is 5.49. The van der Waals surface area contributed by atoms with Crippen molar-refractivity contribution in [1.82, 2.24) is 9.88 Å². The highest BCUT2D eigenvalue weighted by molar-refractivity contribution is 7.80. The summed E-state index contributed by atoms with van der Waals surface area (Å²) in [5.74, 6) is 0. The average Bonchev–Trinajstić information content (AvgIpc) is 2.49. The monoisotopic (exact) mass is 257 g/mol. The van der Waals surface area contributed by atoms with Gasteiger partial charge in [0.1, 0.15) is 5.01 Å². The number of rotatable bonds is 4. The van der Waals surface area contributed by atoms with Crippen LogP contribution < -0.4 is 5.73 Å². The van der Waals surface area contributed by atoms with Gasteiger partial charge >= 0.3 is 0 Å². The summed E-state index contributed by atoms with van der Waals surface area (Å²) in [7, 11) is 2.00. The van der Waals surface area contributed by atoms with E-state index < -0.39 is 0 Å². The first-order valence-electron chi connectivity index (χ1n) is 5.21. The first kappa shape index (κ1) is 13.5. The molecule has 0 bridgehead atoms. The molecule has 2 N–H and O–H groups in total. The molecule has 0 atom stereocenters. The summed E-state index contributed by atoms with van der Waals surface area (Å²) in [6.07, 6.45) is 0. The summed E-state index contributed by atoms with van der Waals surface area (Å²) in [5.41, 5.74) is 6.77. The molecule has 0 spiro atoms. The van der Waals surface area contributed by atoms with Crippen LogP contribution >= 0.6 is 23.6 Å². The van der Waals surface area contributed by atoms with Crippen LogP contribution in [0.4, 0.5) is 0 Å². The molecule has 1 aromatic rings. The van der Waals surface area contributed by atoms with Crippen molar-refractivity contribution in [3.63, 3.8) is 0 Å². The molecule has 0 aliphatic rings. The molecule has 0 radical (unpaired) electrons. The van der Waals surface area contributed by atoms with Crippen LogP contribution in [0.2, 0.25) is 0 Å². The van der Waals surface area contributed by atoms with Gasteiger partial charge in [0.2, 0.25) is 0 Å². The van der Waals surface area contributed by atoms with Crippen LogP contribution in [0.15, 0.2) is 5.38 Å². The van der Waals surface area contributed by atoms with Crippen molar-refractivity contribution in [3.8, 4) is 0 Å².